The molecule has 2 heterocycles. The normalized spacial score (nSPS) is 18.4. The SMILES string of the molecule is CC(=O)OCC1=C(C(=O)[O-])N2C(=O)C(NC(=O)CCCC(NC(=O)c3ccccc3)C(=O)[O-])[C@@H]2SC1.[Na+].[Na+]. The Labute approximate surface area is 266 Å². The summed E-state index contributed by atoms with van der Waals surface area (Å²) in [4.78, 5) is 72.2. The number of nitrogens with one attached hydrogen (secondary N) is 2. The number of thioether (sulfide) groups is 1. The largest absolute Gasteiger partial charge is 1.00 e. The van der Waals surface area contributed by atoms with Crippen molar-refractivity contribution in [2.75, 3.05) is 12.4 Å². The molecular weight excluding hydrogens is 540 g/mol. The molecule has 3 rings (SSSR count). The number of carbonyl (C=O) groups excluding carboxylic acids is 6. The maximum absolute atomic E-state index is 12.6. The Morgan fingerprint density at radius 3 is 2.37 bits per heavy atom. The first-order valence-electron chi connectivity index (χ1n) is 11.0. The molecule has 1 fully saturated rings. The number of rotatable bonds is 11. The molecule has 2 aliphatic heterocycles. The third kappa shape index (κ3) is 8.57. The number of hydrogen-bond donors (Lipinski definition) is 2. The third-order valence-corrected chi connectivity index (χ3v) is 6.87. The monoisotopic (exact) mass is 563 g/mol. The van der Waals surface area contributed by atoms with Crippen molar-refractivity contribution >= 4 is 47.4 Å². The second-order valence-electron chi connectivity index (χ2n) is 8.08. The quantitative estimate of drug-likeness (QED) is 0.149. The Hall–Kier alpha value is -1.87. The fourth-order valence-electron chi connectivity index (χ4n) is 3.76. The van der Waals surface area contributed by atoms with Crippen LogP contribution in [0.1, 0.15) is 36.5 Å². The van der Waals surface area contributed by atoms with Crippen LogP contribution in [0.15, 0.2) is 41.6 Å². The summed E-state index contributed by atoms with van der Waals surface area (Å²) in [5, 5.41) is 27.2. The standard InChI is InChI=1S/C23H25N3O9S.2Na/c1-12(27)35-10-14-11-36-21-17(20(30)26(21)18(14)23(33)34)25-16(28)9-5-8-15(22(31)32)24-19(29)13-6-3-2-4-7-13;;/h2-4,6-7,15,17,21H,5,8-11H2,1H3,(H,24,29)(H,25,28)(H,31,32)(H,33,34);;/q;2*+1/p-2/t15?,17?,21-;;/m0../s1. The summed E-state index contributed by atoms with van der Waals surface area (Å²) in [6, 6.07) is 5.74. The maximum Gasteiger partial charge on any atom is 1.00 e. The molecule has 1 aromatic rings. The first-order chi connectivity index (χ1) is 17.1. The first-order valence-corrected chi connectivity index (χ1v) is 12.0. The molecule has 0 radical (unpaired) electrons. The maximum atomic E-state index is 12.6. The van der Waals surface area contributed by atoms with Crippen LogP contribution >= 0.6 is 11.8 Å². The second-order valence-corrected chi connectivity index (χ2v) is 9.18. The number of benzene rings is 1. The van der Waals surface area contributed by atoms with Crippen LogP contribution in [0.25, 0.3) is 0 Å². The molecule has 0 bridgehead atoms. The van der Waals surface area contributed by atoms with Crippen LogP contribution in [0.2, 0.25) is 0 Å². The van der Waals surface area contributed by atoms with E-state index >= 15 is 0 Å². The van der Waals surface area contributed by atoms with E-state index in [1.165, 1.54) is 30.8 Å². The number of aliphatic carboxylic acids is 2. The molecule has 3 amide bonds. The van der Waals surface area contributed by atoms with Gasteiger partial charge in [-0.25, -0.2) is 0 Å². The van der Waals surface area contributed by atoms with E-state index in [-0.39, 0.29) is 108 Å². The van der Waals surface area contributed by atoms with Crippen molar-refractivity contribution in [2.24, 2.45) is 0 Å². The van der Waals surface area contributed by atoms with Gasteiger partial charge in [0.05, 0.1) is 23.7 Å². The summed E-state index contributed by atoms with van der Waals surface area (Å²) in [5.74, 6) is -5.30. The zero-order valence-corrected chi connectivity index (χ0v) is 26.0. The number of carbonyl (C=O) groups is 6. The molecule has 0 aliphatic carbocycles. The minimum absolute atomic E-state index is 0. The van der Waals surface area contributed by atoms with Crippen LogP contribution in [0.4, 0.5) is 0 Å². The molecule has 3 atom stereocenters. The number of nitrogens with zero attached hydrogens (tertiary/aromatic N) is 1. The van der Waals surface area contributed by atoms with Crippen LogP contribution in [0, 0.1) is 0 Å². The Bertz CT molecular complexity index is 1120. The van der Waals surface area contributed by atoms with Crippen molar-refractivity contribution < 1.29 is 103 Å². The van der Waals surface area contributed by atoms with Gasteiger partial charge in [-0.2, -0.15) is 0 Å². The average molecular weight is 563 g/mol. The van der Waals surface area contributed by atoms with Crippen LogP contribution < -0.4 is 80.0 Å². The van der Waals surface area contributed by atoms with Gasteiger partial charge in [0.15, 0.2) is 0 Å². The topological polar surface area (TPSA) is 185 Å². The van der Waals surface area contributed by atoms with Gasteiger partial charge in [0.1, 0.15) is 18.0 Å². The predicted molar refractivity (Wildman–Crippen MR) is 120 cm³/mol. The van der Waals surface area contributed by atoms with Gasteiger partial charge >= 0.3 is 65.1 Å². The van der Waals surface area contributed by atoms with E-state index in [4.69, 9.17) is 4.74 Å². The number of hydrogen-bond acceptors (Lipinski definition) is 10. The predicted octanol–water partition coefficient (Wildman–Crippen LogP) is -8.32. The zero-order valence-electron chi connectivity index (χ0n) is 21.2. The minimum atomic E-state index is -1.59. The van der Waals surface area contributed by atoms with E-state index in [1.54, 1.807) is 18.2 Å². The second kappa shape index (κ2) is 15.7. The summed E-state index contributed by atoms with van der Waals surface area (Å²) in [7, 11) is 0. The first kappa shape index (κ1) is 34.2. The number of ether oxygens (including phenoxy) is 1. The summed E-state index contributed by atoms with van der Waals surface area (Å²) < 4.78 is 4.84. The van der Waals surface area contributed by atoms with E-state index < -0.39 is 53.1 Å². The molecule has 1 saturated heterocycles. The van der Waals surface area contributed by atoms with Crippen molar-refractivity contribution in [1.29, 1.82) is 0 Å². The molecule has 192 valence electrons. The number of carboxylic acids is 2. The van der Waals surface area contributed by atoms with Gasteiger partial charge in [0.2, 0.25) is 5.91 Å². The fraction of sp³-hybridized carbons (Fsp3) is 0.391. The van der Waals surface area contributed by atoms with Gasteiger partial charge in [-0.3, -0.25) is 24.1 Å². The number of carboxylic acid groups (broad SMARTS) is 2. The number of β-lactam (4-membered cyclic amide) rings is 1. The number of fused-ring (bicyclic) bond motifs is 1. The molecule has 38 heavy (non-hydrogen) atoms. The van der Waals surface area contributed by atoms with E-state index in [9.17, 15) is 39.0 Å². The van der Waals surface area contributed by atoms with Crippen molar-refractivity contribution in [3.63, 3.8) is 0 Å². The molecular formula is C23H23N3Na2O9S. The summed E-state index contributed by atoms with van der Waals surface area (Å²) in [5.41, 5.74) is 0.123. The van der Waals surface area contributed by atoms with E-state index in [0.717, 1.165) is 4.90 Å². The zero-order chi connectivity index (χ0) is 26.4. The average Bonchev–Trinajstić information content (AvgIpc) is 2.84. The Morgan fingerprint density at radius 1 is 1.13 bits per heavy atom. The van der Waals surface area contributed by atoms with E-state index in [1.807, 2.05) is 0 Å². The van der Waals surface area contributed by atoms with Crippen LogP contribution in [0.5, 0.6) is 0 Å². The van der Waals surface area contributed by atoms with Crippen molar-refractivity contribution in [3.8, 4) is 0 Å². The summed E-state index contributed by atoms with van der Waals surface area (Å²) in [6.45, 7) is 0.879. The third-order valence-electron chi connectivity index (χ3n) is 5.53. The molecule has 12 nitrogen and oxygen atoms in total. The molecule has 0 aromatic heterocycles. The number of esters is 1. The molecule has 0 spiro atoms. The van der Waals surface area contributed by atoms with Crippen LogP contribution in [0.3, 0.4) is 0 Å². The van der Waals surface area contributed by atoms with Gasteiger partial charge in [0.25, 0.3) is 11.8 Å². The Kier molecular flexibility index (Phi) is 14.1. The summed E-state index contributed by atoms with van der Waals surface area (Å²) >= 11 is 1.20. The van der Waals surface area contributed by atoms with Gasteiger partial charge in [0, 0.05) is 30.2 Å². The fourth-order valence-corrected chi connectivity index (χ4v) is 5.09. The van der Waals surface area contributed by atoms with Crippen LogP contribution in [-0.4, -0.2) is 70.3 Å². The molecule has 2 N–H and O–H groups in total. The van der Waals surface area contributed by atoms with Gasteiger partial charge in [-0.1, -0.05) is 18.2 Å². The molecule has 15 heteroatoms. The van der Waals surface area contributed by atoms with Crippen molar-refractivity contribution in [2.45, 2.75) is 43.6 Å². The van der Waals surface area contributed by atoms with Gasteiger partial charge < -0.3 is 35.2 Å². The summed E-state index contributed by atoms with van der Waals surface area (Å²) in [6.07, 6.45) is -0.125. The number of amides is 3. The van der Waals surface area contributed by atoms with E-state index in [0.29, 0.717) is 0 Å². The van der Waals surface area contributed by atoms with E-state index in [2.05, 4.69) is 10.6 Å². The van der Waals surface area contributed by atoms with Crippen LogP contribution in [-0.2, 0) is 28.7 Å². The smallest absolute Gasteiger partial charge is 0.548 e. The van der Waals surface area contributed by atoms with Gasteiger partial charge in [-0.05, 0) is 25.0 Å². The molecule has 0 saturated carbocycles. The minimum Gasteiger partial charge on any atom is -0.548 e. The molecule has 2 aliphatic rings. The molecule has 1 aromatic carbocycles. The van der Waals surface area contributed by atoms with Crippen molar-refractivity contribution in [1.82, 2.24) is 15.5 Å². The Morgan fingerprint density at radius 2 is 1.79 bits per heavy atom. The molecule has 2 unspecified atom stereocenters. The Balaban J connectivity index is 0.00000361. The van der Waals surface area contributed by atoms with Gasteiger partial charge in [-0.15, -0.1) is 11.8 Å². The van der Waals surface area contributed by atoms with Crippen molar-refractivity contribution in [3.05, 3.63) is 47.2 Å².